The molecule has 2 N–H and O–H groups in total. The molecule has 106 valence electrons. The van der Waals surface area contributed by atoms with Gasteiger partial charge in [-0.3, -0.25) is 0 Å². The zero-order valence-electron chi connectivity index (χ0n) is 10.8. The standard InChI is InChI=1S/C15H14BrF2NO/c1-2-13(10-8-9(16)6-7-14(10)20)19-15-11(17)4-3-5-12(15)18/h3-8,13,19-20H,2H2,1H3. The van der Waals surface area contributed by atoms with E-state index in [0.717, 1.165) is 4.47 Å². The van der Waals surface area contributed by atoms with Gasteiger partial charge in [-0.2, -0.15) is 0 Å². The van der Waals surface area contributed by atoms with Crippen LogP contribution >= 0.6 is 15.9 Å². The molecule has 0 aliphatic rings. The van der Waals surface area contributed by atoms with Crippen LogP contribution in [0.3, 0.4) is 0 Å². The van der Waals surface area contributed by atoms with Crippen molar-refractivity contribution in [3.63, 3.8) is 0 Å². The Morgan fingerprint density at radius 1 is 1.20 bits per heavy atom. The largest absolute Gasteiger partial charge is 0.508 e. The lowest BCUT2D eigenvalue weighted by molar-refractivity contribution is 0.462. The summed E-state index contributed by atoms with van der Waals surface area (Å²) in [5, 5.41) is 12.7. The SMILES string of the molecule is CCC(Nc1c(F)cccc1F)c1cc(Br)ccc1O. The van der Waals surface area contributed by atoms with Crippen molar-refractivity contribution >= 4 is 21.6 Å². The topological polar surface area (TPSA) is 32.3 Å². The van der Waals surface area contributed by atoms with E-state index in [0.29, 0.717) is 12.0 Å². The second-order valence-corrected chi connectivity index (χ2v) is 5.32. The van der Waals surface area contributed by atoms with Gasteiger partial charge in [-0.05, 0) is 36.8 Å². The Morgan fingerprint density at radius 3 is 2.45 bits per heavy atom. The number of nitrogens with one attached hydrogen (secondary N) is 1. The summed E-state index contributed by atoms with van der Waals surface area (Å²) in [6.07, 6.45) is 0.567. The van der Waals surface area contributed by atoms with E-state index in [9.17, 15) is 13.9 Å². The van der Waals surface area contributed by atoms with Gasteiger partial charge in [0.2, 0.25) is 0 Å². The number of para-hydroxylation sites is 1. The Morgan fingerprint density at radius 2 is 1.85 bits per heavy atom. The van der Waals surface area contributed by atoms with Crippen molar-refractivity contribution in [2.75, 3.05) is 5.32 Å². The van der Waals surface area contributed by atoms with Crippen molar-refractivity contribution in [1.82, 2.24) is 0 Å². The summed E-state index contributed by atoms with van der Waals surface area (Å²) in [5.74, 6) is -1.22. The zero-order valence-corrected chi connectivity index (χ0v) is 12.4. The van der Waals surface area contributed by atoms with Crippen molar-refractivity contribution in [1.29, 1.82) is 0 Å². The van der Waals surface area contributed by atoms with Gasteiger partial charge >= 0.3 is 0 Å². The molecule has 2 nitrogen and oxygen atoms in total. The summed E-state index contributed by atoms with van der Waals surface area (Å²) in [7, 11) is 0. The maximum atomic E-state index is 13.7. The highest BCUT2D eigenvalue weighted by molar-refractivity contribution is 9.10. The van der Waals surface area contributed by atoms with E-state index >= 15 is 0 Å². The second-order valence-electron chi connectivity index (χ2n) is 4.40. The van der Waals surface area contributed by atoms with Gasteiger partial charge in [0.15, 0.2) is 0 Å². The predicted molar refractivity (Wildman–Crippen MR) is 78.8 cm³/mol. The summed E-state index contributed by atoms with van der Waals surface area (Å²) in [6, 6.07) is 8.29. The summed E-state index contributed by atoms with van der Waals surface area (Å²) in [4.78, 5) is 0. The molecule has 0 radical (unpaired) electrons. The van der Waals surface area contributed by atoms with Gasteiger partial charge < -0.3 is 10.4 Å². The van der Waals surface area contributed by atoms with Crippen LogP contribution in [0.5, 0.6) is 5.75 Å². The van der Waals surface area contributed by atoms with Crippen LogP contribution in [0, 0.1) is 11.6 Å². The molecular formula is C15H14BrF2NO. The lowest BCUT2D eigenvalue weighted by Gasteiger charge is -2.20. The summed E-state index contributed by atoms with van der Waals surface area (Å²) < 4.78 is 28.1. The van der Waals surface area contributed by atoms with Gasteiger partial charge in [-0.1, -0.05) is 28.9 Å². The summed E-state index contributed by atoms with van der Waals surface area (Å²) >= 11 is 3.32. The van der Waals surface area contributed by atoms with E-state index in [1.54, 1.807) is 18.2 Å². The first-order chi connectivity index (χ1) is 9.52. The highest BCUT2D eigenvalue weighted by Gasteiger charge is 2.17. The minimum Gasteiger partial charge on any atom is -0.508 e. The normalized spacial score (nSPS) is 12.2. The van der Waals surface area contributed by atoms with Gasteiger partial charge in [0.05, 0.1) is 6.04 Å². The van der Waals surface area contributed by atoms with Crippen LogP contribution in [0.4, 0.5) is 14.5 Å². The minimum absolute atomic E-state index is 0.0873. The highest BCUT2D eigenvalue weighted by atomic mass is 79.9. The molecule has 0 bridgehead atoms. The van der Waals surface area contributed by atoms with Crippen molar-refractivity contribution in [2.24, 2.45) is 0 Å². The fraction of sp³-hybridized carbons (Fsp3) is 0.200. The second kappa shape index (κ2) is 6.22. The molecule has 1 atom stereocenters. The van der Waals surface area contributed by atoms with Crippen LogP contribution in [0.25, 0.3) is 0 Å². The maximum absolute atomic E-state index is 13.7. The molecule has 2 aromatic rings. The average molecular weight is 342 g/mol. The van der Waals surface area contributed by atoms with Gasteiger partial charge in [-0.25, -0.2) is 8.78 Å². The van der Waals surface area contributed by atoms with Gasteiger partial charge in [0.1, 0.15) is 23.1 Å². The van der Waals surface area contributed by atoms with Crippen molar-refractivity contribution in [3.8, 4) is 5.75 Å². The molecule has 0 aliphatic carbocycles. The number of hydrogen-bond acceptors (Lipinski definition) is 2. The number of rotatable bonds is 4. The molecule has 0 saturated carbocycles. The molecule has 1 unspecified atom stereocenters. The molecule has 0 saturated heterocycles. The molecule has 5 heteroatoms. The van der Waals surface area contributed by atoms with E-state index in [4.69, 9.17) is 0 Å². The Labute approximate surface area is 124 Å². The van der Waals surface area contributed by atoms with Crippen LogP contribution in [-0.4, -0.2) is 5.11 Å². The maximum Gasteiger partial charge on any atom is 0.149 e. The Balaban J connectivity index is 2.36. The molecule has 0 aromatic heterocycles. The molecule has 2 aromatic carbocycles. The van der Waals surface area contributed by atoms with Gasteiger partial charge in [-0.15, -0.1) is 0 Å². The first-order valence-electron chi connectivity index (χ1n) is 6.22. The zero-order chi connectivity index (χ0) is 14.7. The fourth-order valence-electron chi connectivity index (χ4n) is 2.01. The molecule has 20 heavy (non-hydrogen) atoms. The monoisotopic (exact) mass is 341 g/mol. The highest BCUT2D eigenvalue weighted by Crippen LogP contribution is 2.33. The Hall–Kier alpha value is -1.62. The Bertz CT molecular complexity index is 599. The molecule has 0 aliphatic heterocycles. The average Bonchev–Trinajstić information content (AvgIpc) is 2.42. The summed E-state index contributed by atoms with van der Waals surface area (Å²) in [6.45, 7) is 1.87. The molecular weight excluding hydrogens is 328 g/mol. The molecule has 0 heterocycles. The third-order valence-corrected chi connectivity index (χ3v) is 3.55. The first kappa shape index (κ1) is 14.8. The van der Waals surface area contributed by atoms with Gasteiger partial charge in [0, 0.05) is 10.0 Å². The van der Waals surface area contributed by atoms with Crippen LogP contribution in [0.1, 0.15) is 24.9 Å². The van der Waals surface area contributed by atoms with E-state index < -0.39 is 11.6 Å². The van der Waals surface area contributed by atoms with E-state index in [1.807, 2.05) is 6.92 Å². The minimum atomic E-state index is -0.655. The van der Waals surface area contributed by atoms with E-state index in [1.165, 1.54) is 18.2 Å². The number of benzene rings is 2. The lowest BCUT2D eigenvalue weighted by atomic mass is 10.0. The smallest absolute Gasteiger partial charge is 0.149 e. The van der Waals surface area contributed by atoms with Crippen LogP contribution in [0.15, 0.2) is 40.9 Å². The molecule has 0 spiro atoms. The number of phenolic OH excluding ortho intramolecular Hbond substituents is 1. The quantitative estimate of drug-likeness (QED) is 0.820. The van der Waals surface area contributed by atoms with E-state index in [-0.39, 0.29) is 17.5 Å². The molecule has 2 rings (SSSR count). The number of aromatic hydroxyl groups is 1. The lowest BCUT2D eigenvalue weighted by Crippen LogP contribution is -2.12. The third-order valence-electron chi connectivity index (χ3n) is 3.05. The number of phenols is 1. The summed E-state index contributed by atoms with van der Waals surface area (Å²) in [5.41, 5.74) is 0.406. The van der Waals surface area contributed by atoms with Crippen LogP contribution in [0.2, 0.25) is 0 Å². The van der Waals surface area contributed by atoms with Gasteiger partial charge in [0.25, 0.3) is 0 Å². The molecule has 0 fully saturated rings. The van der Waals surface area contributed by atoms with Crippen LogP contribution in [-0.2, 0) is 0 Å². The third kappa shape index (κ3) is 3.10. The van der Waals surface area contributed by atoms with Crippen molar-refractivity contribution in [2.45, 2.75) is 19.4 Å². The Kier molecular flexibility index (Phi) is 4.60. The van der Waals surface area contributed by atoms with Crippen LogP contribution < -0.4 is 5.32 Å². The first-order valence-corrected chi connectivity index (χ1v) is 7.01. The van der Waals surface area contributed by atoms with Crippen molar-refractivity contribution < 1.29 is 13.9 Å². The predicted octanol–water partition coefficient (Wildman–Crippen LogP) is 5.00. The number of halogens is 3. The number of hydrogen-bond donors (Lipinski definition) is 2. The fourth-order valence-corrected chi connectivity index (χ4v) is 2.39. The molecule has 0 amide bonds. The van der Waals surface area contributed by atoms with Crippen molar-refractivity contribution in [3.05, 3.63) is 58.1 Å². The number of anilines is 1. The van der Waals surface area contributed by atoms with E-state index in [2.05, 4.69) is 21.2 Å².